The summed E-state index contributed by atoms with van der Waals surface area (Å²) in [6.45, 7) is 1.06. The van der Waals surface area contributed by atoms with Gasteiger partial charge < -0.3 is 10.0 Å². The minimum Gasteiger partial charge on any atom is -0.481 e. The molecule has 2 rings (SSSR count). The van der Waals surface area contributed by atoms with E-state index >= 15 is 0 Å². The van der Waals surface area contributed by atoms with Crippen LogP contribution in [0.3, 0.4) is 0 Å². The summed E-state index contributed by atoms with van der Waals surface area (Å²) in [6.07, 6.45) is 0.597. The van der Waals surface area contributed by atoms with Crippen LogP contribution < -0.4 is 0 Å². The molecular formula is C15H21ClN2O3. The number of rotatable bonds is 4. The summed E-state index contributed by atoms with van der Waals surface area (Å²) >= 11 is 0. The van der Waals surface area contributed by atoms with E-state index in [1.807, 2.05) is 35.2 Å². The molecule has 1 heterocycles. The van der Waals surface area contributed by atoms with Crippen molar-refractivity contribution in [3.63, 3.8) is 0 Å². The van der Waals surface area contributed by atoms with Crippen molar-refractivity contribution in [2.24, 2.45) is 5.92 Å². The van der Waals surface area contributed by atoms with Crippen LogP contribution in [0.2, 0.25) is 0 Å². The number of aliphatic carboxylic acids is 1. The summed E-state index contributed by atoms with van der Waals surface area (Å²) in [5.74, 6) is -1.17. The van der Waals surface area contributed by atoms with Crippen LogP contribution in [0.5, 0.6) is 0 Å². The van der Waals surface area contributed by atoms with Crippen LogP contribution in [0, 0.1) is 5.92 Å². The van der Waals surface area contributed by atoms with Crippen molar-refractivity contribution in [1.82, 2.24) is 9.80 Å². The molecule has 1 aromatic carbocycles. The van der Waals surface area contributed by atoms with Crippen LogP contribution >= 0.6 is 12.4 Å². The van der Waals surface area contributed by atoms with Gasteiger partial charge in [0.25, 0.3) is 0 Å². The van der Waals surface area contributed by atoms with Crippen molar-refractivity contribution in [2.45, 2.75) is 12.5 Å². The number of hydrogen-bond acceptors (Lipinski definition) is 3. The minimum absolute atomic E-state index is 0. The van der Waals surface area contributed by atoms with Crippen LogP contribution in [-0.4, -0.2) is 54.0 Å². The molecule has 1 amide bonds. The number of carboxylic acid groups (broad SMARTS) is 1. The maximum absolute atomic E-state index is 12.4. The SMILES string of the molecule is CN(C)C(=O)C(c1ccccc1)N1CCC(C(=O)O)C1.Cl. The normalized spacial score (nSPS) is 19.6. The Labute approximate surface area is 131 Å². The Bertz CT molecular complexity index is 493. The first-order chi connectivity index (χ1) is 9.50. The molecule has 5 nitrogen and oxygen atoms in total. The van der Waals surface area contributed by atoms with E-state index in [2.05, 4.69) is 0 Å². The molecule has 1 N–H and O–H groups in total. The highest BCUT2D eigenvalue weighted by molar-refractivity contribution is 5.85. The first-order valence-electron chi connectivity index (χ1n) is 6.73. The van der Waals surface area contributed by atoms with E-state index in [-0.39, 0.29) is 24.2 Å². The molecule has 0 aliphatic carbocycles. The summed E-state index contributed by atoms with van der Waals surface area (Å²) in [5.41, 5.74) is 0.914. The summed E-state index contributed by atoms with van der Waals surface area (Å²) in [4.78, 5) is 27.1. The van der Waals surface area contributed by atoms with Crippen molar-refractivity contribution in [1.29, 1.82) is 0 Å². The minimum atomic E-state index is -0.781. The molecule has 2 unspecified atom stereocenters. The van der Waals surface area contributed by atoms with Crippen molar-refractivity contribution in [3.05, 3.63) is 35.9 Å². The Kier molecular flexibility index (Phi) is 6.18. The topological polar surface area (TPSA) is 60.9 Å². The van der Waals surface area contributed by atoms with Gasteiger partial charge in [0, 0.05) is 27.2 Å². The Morgan fingerprint density at radius 3 is 2.38 bits per heavy atom. The highest BCUT2D eigenvalue weighted by Gasteiger charge is 2.36. The van der Waals surface area contributed by atoms with Gasteiger partial charge in [-0.2, -0.15) is 0 Å². The maximum Gasteiger partial charge on any atom is 0.307 e. The number of likely N-dealkylation sites (tertiary alicyclic amines) is 1. The van der Waals surface area contributed by atoms with Gasteiger partial charge in [-0.1, -0.05) is 30.3 Å². The number of nitrogens with zero attached hydrogens (tertiary/aromatic N) is 2. The fraction of sp³-hybridized carbons (Fsp3) is 0.467. The molecule has 0 radical (unpaired) electrons. The van der Waals surface area contributed by atoms with Crippen LogP contribution in [0.15, 0.2) is 30.3 Å². The zero-order valence-electron chi connectivity index (χ0n) is 12.2. The van der Waals surface area contributed by atoms with E-state index in [0.29, 0.717) is 19.5 Å². The first kappa shape index (κ1) is 17.5. The molecule has 0 bridgehead atoms. The van der Waals surface area contributed by atoms with E-state index < -0.39 is 12.0 Å². The number of carbonyl (C=O) groups excluding carboxylic acids is 1. The van der Waals surface area contributed by atoms with Crippen LogP contribution in [0.4, 0.5) is 0 Å². The van der Waals surface area contributed by atoms with E-state index in [1.54, 1.807) is 19.0 Å². The lowest BCUT2D eigenvalue weighted by atomic mass is 10.0. The lowest BCUT2D eigenvalue weighted by Crippen LogP contribution is -2.39. The van der Waals surface area contributed by atoms with Gasteiger partial charge in [0.1, 0.15) is 6.04 Å². The molecule has 0 saturated carbocycles. The number of carboxylic acids is 1. The van der Waals surface area contributed by atoms with Gasteiger partial charge in [0.15, 0.2) is 0 Å². The number of carbonyl (C=O) groups is 2. The quantitative estimate of drug-likeness (QED) is 0.918. The van der Waals surface area contributed by atoms with Crippen LogP contribution in [0.1, 0.15) is 18.0 Å². The second kappa shape index (κ2) is 7.43. The van der Waals surface area contributed by atoms with Gasteiger partial charge in [-0.05, 0) is 12.0 Å². The predicted molar refractivity (Wildman–Crippen MR) is 82.4 cm³/mol. The zero-order valence-corrected chi connectivity index (χ0v) is 13.0. The van der Waals surface area contributed by atoms with E-state index in [0.717, 1.165) is 5.56 Å². The number of benzene rings is 1. The molecule has 1 fully saturated rings. The van der Waals surface area contributed by atoms with E-state index in [9.17, 15) is 9.59 Å². The van der Waals surface area contributed by atoms with Crippen molar-refractivity contribution in [3.8, 4) is 0 Å². The highest BCUT2D eigenvalue weighted by Crippen LogP contribution is 2.29. The molecule has 1 saturated heterocycles. The molecular weight excluding hydrogens is 292 g/mol. The van der Waals surface area contributed by atoms with Gasteiger partial charge >= 0.3 is 5.97 Å². The van der Waals surface area contributed by atoms with Crippen LogP contribution in [-0.2, 0) is 9.59 Å². The molecule has 2 atom stereocenters. The molecule has 116 valence electrons. The third-order valence-corrected chi connectivity index (χ3v) is 3.72. The molecule has 0 aromatic heterocycles. The molecule has 0 spiro atoms. The first-order valence-corrected chi connectivity index (χ1v) is 6.73. The van der Waals surface area contributed by atoms with E-state index in [1.165, 1.54) is 0 Å². The third kappa shape index (κ3) is 3.95. The number of amides is 1. The average molecular weight is 313 g/mol. The largest absolute Gasteiger partial charge is 0.481 e. The smallest absolute Gasteiger partial charge is 0.307 e. The second-order valence-corrected chi connectivity index (χ2v) is 5.36. The summed E-state index contributed by atoms with van der Waals surface area (Å²) in [5, 5.41) is 9.11. The number of likely N-dealkylation sites (N-methyl/N-ethyl adjacent to an activating group) is 1. The van der Waals surface area contributed by atoms with Gasteiger partial charge in [0.05, 0.1) is 5.92 Å². The van der Waals surface area contributed by atoms with Gasteiger partial charge in [-0.3, -0.25) is 14.5 Å². The molecule has 21 heavy (non-hydrogen) atoms. The Balaban J connectivity index is 0.00000220. The average Bonchev–Trinajstić information content (AvgIpc) is 2.89. The summed E-state index contributed by atoms with van der Waals surface area (Å²) in [7, 11) is 3.45. The Morgan fingerprint density at radius 2 is 1.90 bits per heavy atom. The zero-order chi connectivity index (χ0) is 14.7. The fourth-order valence-electron chi connectivity index (χ4n) is 2.61. The Hall–Kier alpha value is -1.59. The monoisotopic (exact) mass is 312 g/mol. The van der Waals surface area contributed by atoms with Crippen LogP contribution in [0.25, 0.3) is 0 Å². The van der Waals surface area contributed by atoms with E-state index in [4.69, 9.17) is 5.11 Å². The van der Waals surface area contributed by atoms with Crippen molar-refractivity contribution < 1.29 is 14.7 Å². The molecule has 1 aliphatic rings. The van der Waals surface area contributed by atoms with Crippen molar-refractivity contribution in [2.75, 3.05) is 27.2 Å². The third-order valence-electron chi connectivity index (χ3n) is 3.72. The summed E-state index contributed by atoms with van der Waals surface area (Å²) < 4.78 is 0. The molecule has 1 aromatic rings. The standard InChI is InChI=1S/C15H20N2O3.ClH/c1-16(2)14(18)13(11-6-4-3-5-7-11)17-9-8-12(10-17)15(19)20;/h3-7,12-13H,8-10H2,1-2H3,(H,19,20);1H. The second-order valence-electron chi connectivity index (χ2n) is 5.36. The maximum atomic E-state index is 12.4. The molecule has 6 heteroatoms. The summed E-state index contributed by atoms with van der Waals surface area (Å²) in [6, 6.07) is 9.15. The Morgan fingerprint density at radius 1 is 1.29 bits per heavy atom. The van der Waals surface area contributed by atoms with Crippen molar-refractivity contribution >= 4 is 24.3 Å². The lowest BCUT2D eigenvalue weighted by molar-refractivity contribution is -0.142. The van der Waals surface area contributed by atoms with Gasteiger partial charge in [-0.25, -0.2) is 0 Å². The lowest BCUT2D eigenvalue weighted by Gasteiger charge is -2.29. The highest BCUT2D eigenvalue weighted by atomic mass is 35.5. The fourth-order valence-corrected chi connectivity index (χ4v) is 2.61. The number of hydrogen-bond donors (Lipinski definition) is 1. The van der Waals surface area contributed by atoms with Gasteiger partial charge in [0.2, 0.25) is 5.91 Å². The number of halogens is 1. The predicted octanol–water partition coefficient (Wildman–Crippen LogP) is 1.64. The van der Waals surface area contributed by atoms with Gasteiger partial charge in [-0.15, -0.1) is 12.4 Å². The molecule has 1 aliphatic heterocycles.